The van der Waals surface area contributed by atoms with Crippen LogP contribution in [-0.4, -0.2) is 48.0 Å². The van der Waals surface area contributed by atoms with Gasteiger partial charge in [0.05, 0.1) is 12.7 Å². The van der Waals surface area contributed by atoms with Crippen LogP contribution in [-0.2, 0) is 0 Å². The minimum absolute atomic E-state index is 0.0231. The third-order valence-corrected chi connectivity index (χ3v) is 1.56. The molecule has 9 heavy (non-hydrogen) atoms. The minimum atomic E-state index is -0.625. The van der Waals surface area contributed by atoms with Gasteiger partial charge in [-0.15, -0.1) is 0 Å². The van der Waals surface area contributed by atoms with Crippen molar-refractivity contribution in [2.75, 3.05) is 20.7 Å². The topological polar surface area (TPSA) is 43.7 Å². The molecule has 0 aromatic heterocycles. The predicted octanol–water partition coefficient (Wildman–Crippen LogP) is -0.710. The maximum absolute atomic E-state index is 9.01. The largest absolute Gasteiger partial charge is 0.394 e. The maximum Gasteiger partial charge on any atom is 0.0922 e. The van der Waals surface area contributed by atoms with Gasteiger partial charge in [0.15, 0.2) is 0 Å². The Hall–Kier alpha value is -0.120. The Bertz CT molecular complexity index is 75.5. The third kappa shape index (κ3) is 2.79. The number of nitrogens with zero attached hydrogens (tertiary/aromatic N) is 1. The highest BCUT2D eigenvalue weighted by molar-refractivity contribution is 4.68. The lowest BCUT2D eigenvalue weighted by Crippen LogP contribution is -2.38. The molecule has 0 saturated carbocycles. The van der Waals surface area contributed by atoms with Crippen LogP contribution in [0.25, 0.3) is 0 Å². The lowest BCUT2D eigenvalue weighted by Gasteiger charge is -2.23. The highest BCUT2D eigenvalue weighted by atomic mass is 16.3. The van der Waals surface area contributed by atoms with E-state index in [9.17, 15) is 0 Å². The molecule has 3 heteroatoms. The van der Waals surface area contributed by atoms with Gasteiger partial charge in [-0.2, -0.15) is 0 Å². The fourth-order valence-electron chi connectivity index (χ4n) is 0.497. The number of likely N-dealkylation sites (N-methyl/N-ethyl adjacent to an activating group) is 1. The molecule has 0 aliphatic heterocycles. The van der Waals surface area contributed by atoms with Crippen LogP contribution in [0.1, 0.15) is 6.92 Å². The number of rotatable bonds is 3. The van der Waals surface area contributed by atoms with Gasteiger partial charge in [-0.05, 0) is 21.0 Å². The molecular weight excluding hydrogens is 118 g/mol. The van der Waals surface area contributed by atoms with E-state index in [4.69, 9.17) is 10.2 Å². The van der Waals surface area contributed by atoms with E-state index in [2.05, 4.69) is 0 Å². The van der Waals surface area contributed by atoms with Crippen LogP contribution in [0.15, 0.2) is 0 Å². The van der Waals surface area contributed by atoms with Crippen molar-refractivity contribution in [2.45, 2.75) is 19.1 Å². The second kappa shape index (κ2) is 3.82. The Morgan fingerprint density at radius 1 is 1.44 bits per heavy atom. The summed E-state index contributed by atoms with van der Waals surface area (Å²) >= 11 is 0. The summed E-state index contributed by atoms with van der Waals surface area (Å²) in [5.41, 5.74) is 0. The Balaban J connectivity index is 3.58. The first-order chi connectivity index (χ1) is 4.09. The van der Waals surface area contributed by atoms with Gasteiger partial charge in [0.2, 0.25) is 0 Å². The second-order valence-corrected chi connectivity index (χ2v) is 2.45. The highest BCUT2D eigenvalue weighted by Gasteiger charge is 2.13. The van der Waals surface area contributed by atoms with Gasteiger partial charge in [-0.25, -0.2) is 0 Å². The smallest absolute Gasteiger partial charge is 0.0922 e. The van der Waals surface area contributed by atoms with Crippen LogP contribution in [0, 0.1) is 0 Å². The van der Waals surface area contributed by atoms with Crippen molar-refractivity contribution in [1.29, 1.82) is 0 Å². The van der Waals surface area contributed by atoms with Gasteiger partial charge >= 0.3 is 0 Å². The molecule has 0 saturated heterocycles. The normalized spacial score (nSPS) is 18.0. The van der Waals surface area contributed by atoms with E-state index in [1.807, 2.05) is 25.9 Å². The number of hydrogen-bond donors (Lipinski definition) is 2. The molecule has 0 rings (SSSR count). The first-order valence-corrected chi connectivity index (χ1v) is 3.05. The molecule has 2 N–H and O–H groups in total. The van der Waals surface area contributed by atoms with E-state index in [1.54, 1.807) is 0 Å². The van der Waals surface area contributed by atoms with E-state index in [0.717, 1.165) is 0 Å². The molecule has 0 aromatic carbocycles. The summed E-state index contributed by atoms with van der Waals surface area (Å²) in [7, 11) is 3.73. The van der Waals surface area contributed by atoms with Crippen LogP contribution >= 0.6 is 0 Å². The van der Waals surface area contributed by atoms with Crippen LogP contribution < -0.4 is 0 Å². The molecule has 0 bridgehead atoms. The zero-order chi connectivity index (χ0) is 7.44. The Kier molecular flexibility index (Phi) is 3.77. The quantitative estimate of drug-likeness (QED) is 0.534. The average Bonchev–Trinajstić information content (AvgIpc) is 1.84. The number of hydrogen-bond acceptors (Lipinski definition) is 3. The van der Waals surface area contributed by atoms with Crippen molar-refractivity contribution in [3.63, 3.8) is 0 Å². The zero-order valence-corrected chi connectivity index (χ0v) is 6.20. The summed E-state index contributed by atoms with van der Waals surface area (Å²) in [6, 6.07) is 0.0231. The summed E-state index contributed by atoms with van der Waals surface area (Å²) in [4.78, 5) is 1.86. The van der Waals surface area contributed by atoms with Crippen molar-refractivity contribution in [1.82, 2.24) is 4.90 Å². The highest BCUT2D eigenvalue weighted by Crippen LogP contribution is 1.96. The van der Waals surface area contributed by atoms with Crippen LogP contribution in [0.2, 0.25) is 0 Å². The number of aliphatic hydroxyl groups is 2. The molecule has 0 aromatic rings. The van der Waals surface area contributed by atoms with Gasteiger partial charge in [0.1, 0.15) is 0 Å². The number of aliphatic hydroxyl groups excluding tert-OH is 2. The monoisotopic (exact) mass is 133 g/mol. The summed E-state index contributed by atoms with van der Waals surface area (Å²) < 4.78 is 0. The molecule has 0 fully saturated rings. The molecule has 0 amide bonds. The van der Waals surface area contributed by atoms with E-state index >= 15 is 0 Å². The summed E-state index contributed by atoms with van der Waals surface area (Å²) in [6.07, 6.45) is -0.625. The van der Waals surface area contributed by atoms with Crippen LogP contribution in [0.4, 0.5) is 0 Å². The second-order valence-electron chi connectivity index (χ2n) is 2.45. The van der Waals surface area contributed by atoms with Crippen LogP contribution in [0.3, 0.4) is 0 Å². The van der Waals surface area contributed by atoms with Gasteiger partial charge in [-0.1, -0.05) is 0 Å². The average molecular weight is 133 g/mol. The molecular formula is C6H15NO2. The van der Waals surface area contributed by atoms with E-state index < -0.39 is 6.10 Å². The zero-order valence-electron chi connectivity index (χ0n) is 6.20. The Morgan fingerprint density at radius 3 is 2.00 bits per heavy atom. The van der Waals surface area contributed by atoms with Crippen LogP contribution in [0.5, 0.6) is 0 Å². The molecule has 0 aliphatic rings. The summed E-state index contributed by atoms with van der Waals surface area (Å²) in [5.74, 6) is 0. The molecule has 0 aliphatic carbocycles. The molecule has 56 valence electrons. The van der Waals surface area contributed by atoms with Crippen molar-refractivity contribution in [2.24, 2.45) is 0 Å². The summed E-state index contributed by atoms with van der Waals surface area (Å²) in [5, 5.41) is 17.5. The van der Waals surface area contributed by atoms with Gasteiger partial charge in [0.25, 0.3) is 0 Å². The van der Waals surface area contributed by atoms with Gasteiger partial charge < -0.3 is 15.1 Å². The van der Waals surface area contributed by atoms with Gasteiger partial charge in [-0.3, -0.25) is 0 Å². The molecule has 3 nitrogen and oxygen atoms in total. The van der Waals surface area contributed by atoms with E-state index in [1.165, 1.54) is 0 Å². The van der Waals surface area contributed by atoms with E-state index in [-0.39, 0.29) is 12.6 Å². The first kappa shape index (κ1) is 8.88. The fourth-order valence-corrected chi connectivity index (χ4v) is 0.497. The fraction of sp³-hybridized carbons (Fsp3) is 1.00. The molecule has 0 radical (unpaired) electrons. The molecule has 0 unspecified atom stereocenters. The predicted molar refractivity (Wildman–Crippen MR) is 36.2 cm³/mol. The molecule has 0 heterocycles. The Labute approximate surface area is 55.9 Å². The van der Waals surface area contributed by atoms with Crippen molar-refractivity contribution in [3.8, 4) is 0 Å². The SMILES string of the molecule is C[C@@H]([C@H](O)CO)N(C)C. The van der Waals surface area contributed by atoms with Gasteiger partial charge in [0, 0.05) is 6.04 Å². The van der Waals surface area contributed by atoms with E-state index in [0.29, 0.717) is 0 Å². The van der Waals surface area contributed by atoms with Crippen molar-refractivity contribution < 1.29 is 10.2 Å². The van der Waals surface area contributed by atoms with Crippen molar-refractivity contribution in [3.05, 3.63) is 0 Å². The Morgan fingerprint density at radius 2 is 1.89 bits per heavy atom. The minimum Gasteiger partial charge on any atom is -0.394 e. The maximum atomic E-state index is 9.01. The third-order valence-electron chi connectivity index (χ3n) is 1.56. The lowest BCUT2D eigenvalue weighted by atomic mass is 10.2. The summed E-state index contributed by atoms with van der Waals surface area (Å²) in [6.45, 7) is 1.69. The molecule has 2 atom stereocenters. The lowest BCUT2D eigenvalue weighted by molar-refractivity contribution is 0.0358. The standard InChI is InChI=1S/C6H15NO2/c1-5(7(2)3)6(9)4-8/h5-6,8-9H,4H2,1-3H3/t5-,6+/m0/s1. The molecule has 0 spiro atoms. The first-order valence-electron chi connectivity index (χ1n) is 3.05. The van der Waals surface area contributed by atoms with Crippen molar-refractivity contribution >= 4 is 0 Å².